The van der Waals surface area contributed by atoms with Crippen molar-refractivity contribution in [2.75, 3.05) is 6.54 Å². The van der Waals surface area contributed by atoms with Gasteiger partial charge in [0.2, 0.25) is 0 Å². The van der Waals surface area contributed by atoms with Crippen molar-refractivity contribution in [2.45, 2.75) is 43.9 Å². The van der Waals surface area contributed by atoms with E-state index in [9.17, 15) is 0 Å². The second-order valence-corrected chi connectivity index (χ2v) is 4.49. The highest BCUT2D eigenvalue weighted by Crippen LogP contribution is 2.32. The molecule has 74 valence electrons. The van der Waals surface area contributed by atoms with Gasteiger partial charge in [-0.3, -0.25) is 0 Å². The van der Waals surface area contributed by atoms with Crippen molar-refractivity contribution in [1.29, 1.82) is 0 Å². The molecular weight excluding hydrogens is 186 g/mol. The smallest absolute Gasteiger partial charge is 0.0732 e. The van der Waals surface area contributed by atoms with Crippen LogP contribution in [0.3, 0.4) is 0 Å². The van der Waals surface area contributed by atoms with E-state index in [1.54, 1.807) is 0 Å². The predicted molar refractivity (Wildman–Crippen MR) is 53.9 cm³/mol. The highest BCUT2D eigenvalue weighted by Gasteiger charge is 2.36. The van der Waals surface area contributed by atoms with Crippen LogP contribution >= 0.6 is 11.6 Å². The van der Waals surface area contributed by atoms with Gasteiger partial charge >= 0.3 is 0 Å². The Labute approximate surface area is 84.3 Å². The van der Waals surface area contributed by atoms with Crippen molar-refractivity contribution < 1.29 is 4.74 Å². The molecule has 2 nitrogen and oxygen atoms in total. The number of hydrogen-bond donors (Lipinski definition) is 1. The van der Waals surface area contributed by atoms with Crippen LogP contribution in [0.4, 0.5) is 0 Å². The number of nitrogens with one attached hydrogen (secondary N) is 1. The fourth-order valence-electron chi connectivity index (χ4n) is 2.27. The quantitative estimate of drug-likeness (QED) is 0.755. The number of hydrogen-bond acceptors (Lipinski definition) is 2. The van der Waals surface area contributed by atoms with Crippen LogP contribution in [0.25, 0.3) is 0 Å². The standard InChI is InChI=1S/C10H16ClNO/c1-7(11)6-12-9-4-2-8-3-5-10(9)13-8/h8-10,12H,1-6H2. The molecule has 2 aliphatic heterocycles. The lowest BCUT2D eigenvalue weighted by atomic mass is 10.0. The minimum atomic E-state index is 0.426. The van der Waals surface area contributed by atoms with Gasteiger partial charge in [0.15, 0.2) is 0 Å². The molecule has 0 spiro atoms. The summed E-state index contributed by atoms with van der Waals surface area (Å²) in [6.07, 6.45) is 5.83. The summed E-state index contributed by atoms with van der Waals surface area (Å²) in [7, 11) is 0. The summed E-state index contributed by atoms with van der Waals surface area (Å²) in [6.45, 7) is 4.37. The molecule has 13 heavy (non-hydrogen) atoms. The van der Waals surface area contributed by atoms with E-state index >= 15 is 0 Å². The minimum Gasteiger partial charge on any atom is -0.373 e. The molecule has 2 aliphatic rings. The molecule has 0 aromatic rings. The lowest BCUT2D eigenvalue weighted by molar-refractivity contribution is -0.0154. The van der Waals surface area contributed by atoms with Crippen LogP contribution in [0.2, 0.25) is 0 Å². The van der Waals surface area contributed by atoms with Gasteiger partial charge in [0.05, 0.1) is 12.2 Å². The molecule has 2 saturated heterocycles. The average molecular weight is 202 g/mol. The topological polar surface area (TPSA) is 21.3 Å². The van der Waals surface area contributed by atoms with Crippen LogP contribution in [-0.2, 0) is 4.74 Å². The number of rotatable bonds is 3. The van der Waals surface area contributed by atoms with E-state index in [2.05, 4.69) is 11.9 Å². The van der Waals surface area contributed by atoms with Crippen LogP contribution in [0.1, 0.15) is 25.7 Å². The van der Waals surface area contributed by atoms with Crippen molar-refractivity contribution in [1.82, 2.24) is 5.32 Å². The van der Waals surface area contributed by atoms with Crippen molar-refractivity contribution in [3.05, 3.63) is 11.6 Å². The summed E-state index contributed by atoms with van der Waals surface area (Å²) < 4.78 is 5.81. The first kappa shape index (κ1) is 9.50. The molecule has 2 heterocycles. The van der Waals surface area contributed by atoms with Crippen LogP contribution in [0, 0.1) is 0 Å². The molecule has 0 aromatic heterocycles. The van der Waals surface area contributed by atoms with Crippen LogP contribution in [0.5, 0.6) is 0 Å². The number of halogens is 1. The van der Waals surface area contributed by atoms with Crippen molar-refractivity contribution in [3.63, 3.8) is 0 Å². The summed E-state index contributed by atoms with van der Waals surface area (Å²) in [5, 5.41) is 4.07. The van der Waals surface area contributed by atoms with Gasteiger partial charge in [0.25, 0.3) is 0 Å². The molecule has 0 amide bonds. The van der Waals surface area contributed by atoms with Gasteiger partial charge in [-0.25, -0.2) is 0 Å². The van der Waals surface area contributed by atoms with E-state index in [0.29, 0.717) is 29.8 Å². The SMILES string of the molecule is C=C(Cl)CNC1CCC2CCC1O2. The largest absolute Gasteiger partial charge is 0.373 e. The highest BCUT2D eigenvalue weighted by molar-refractivity contribution is 6.29. The predicted octanol–water partition coefficient (Wildman–Crippen LogP) is 2.04. The Morgan fingerprint density at radius 3 is 2.92 bits per heavy atom. The number of ether oxygens (including phenoxy) is 1. The van der Waals surface area contributed by atoms with E-state index in [1.165, 1.54) is 25.7 Å². The van der Waals surface area contributed by atoms with Crippen LogP contribution in [-0.4, -0.2) is 24.8 Å². The Hall–Kier alpha value is -0.0500. The second kappa shape index (κ2) is 3.99. The fraction of sp³-hybridized carbons (Fsp3) is 0.800. The minimum absolute atomic E-state index is 0.426. The summed E-state index contributed by atoms with van der Waals surface area (Å²) in [5.41, 5.74) is 0. The molecule has 3 heteroatoms. The van der Waals surface area contributed by atoms with Gasteiger partial charge in [-0.15, -0.1) is 0 Å². The first-order valence-electron chi connectivity index (χ1n) is 4.98. The monoisotopic (exact) mass is 201 g/mol. The average Bonchev–Trinajstić information content (AvgIpc) is 2.47. The molecule has 0 aliphatic carbocycles. The fourth-order valence-corrected chi connectivity index (χ4v) is 2.35. The molecule has 2 fully saturated rings. The maximum Gasteiger partial charge on any atom is 0.0732 e. The van der Waals surface area contributed by atoms with E-state index in [1.807, 2.05) is 0 Å². The molecular formula is C10H16ClNO. The van der Waals surface area contributed by atoms with Crippen molar-refractivity contribution in [2.24, 2.45) is 0 Å². The third-order valence-electron chi connectivity index (χ3n) is 2.94. The van der Waals surface area contributed by atoms with Crippen molar-refractivity contribution >= 4 is 11.6 Å². The molecule has 0 saturated carbocycles. The molecule has 0 aromatic carbocycles. The van der Waals surface area contributed by atoms with E-state index in [0.717, 1.165) is 0 Å². The van der Waals surface area contributed by atoms with Crippen LogP contribution < -0.4 is 5.32 Å². The van der Waals surface area contributed by atoms with Gasteiger partial charge in [-0.1, -0.05) is 18.2 Å². The summed E-state index contributed by atoms with van der Waals surface area (Å²) >= 11 is 5.70. The van der Waals surface area contributed by atoms with E-state index in [4.69, 9.17) is 16.3 Å². The maximum atomic E-state index is 5.81. The Morgan fingerprint density at radius 2 is 2.15 bits per heavy atom. The number of fused-ring (bicyclic) bond motifs is 2. The molecule has 0 radical (unpaired) electrons. The lowest BCUT2D eigenvalue weighted by Crippen LogP contribution is -2.43. The van der Waals surface area contributed by atoms with Gasteiger partial charge in [-0.2, -0.15) is 0 Å². The Kier molecular flexibility index (Phi) is 2.92. The Balaban J connectivity index is 1.82. The van der Waals surface area contributed by atoms with E-state index in [-0.39, 0.29) is 0 Å². The second-order valence-electron chi connectivity index (χ2n) is 3.96. The van der Waals surface area contributed by atoms with Gasteiger partial charge in [-0.05, 0) is 25.7 Å². The zero-order valence-corrected chi connectivity index (χ0v) is 8.52. The molecule has 3 atom stereocenters. The Bertz CT molecular complexity index is 207. The van der Waals surface area contributed by atoms with E-state index < -0.39 is 0 Å². The zero-order chi connectivity index (χ0) is 9.26. The third kappa shape index (κ3) is 2.25. The molecule has 3 unspecified atom stereocenters. The Morgan fingerprint density at radius 1 is 1.38 bits per heavy atom. The van der Waals surface area contributed by atoms with Gasteiger partial charge in [0.1, 0.15) is 0 Å². The van der Waals surface area contributed by atoms with Gasteiger partial charge < -0.3 is 10.1 Å². The lowest BCUT2D eigenvalue weighted by Gasteiger charge is -2.30. The molecule has 1 N–H and O–H groups in total. The normalized spacial score (nSPS) is 37.8. The first-order chi connectivity index (χ1) is 6.25. The summed E-state index contributed by atoms with van der Waals surface area (Å²) in [6, 6.07) is 0.495. The summed E-state index contributed by atoms with van der Waals surface area (Å²) in [4.78, 5) is 0. The third-order valence-corrected chi connectivity index (χ3v) is 3.08. The van der Waals surface area contributed by atoms with Gasteiger partial charge in [0, 0.05) is 17.6 Å². The highest BCUT2D eigenvalue weighted by atomic mass is 35.5. The zero-order valence-electron chi connectivity index (χ0n) is 7.76. The maximum absolute atomic E-state index is 5.81. The molecule has 2 bridgehead atoms. The first-order valence-corrected chi connectivity index (χ1v) is 5.35. The summed E-state index contributed by atoms with van der Waals surface area (Å²) in [5.74, 6) is 0. The van der Waals surface area contributed by atoms with Crippen molar-refractivity contribution in [3.8, 4) is 0 Å². The van der Waals surface area contributed by atoms with Crippen LogP contribution in [0.15, 0.2) is 11.6 Å². The molecule has 2 rings (SSSR count).